The van der Waals surface area contributed by atoms with Gasteiger partial charge in [0, 0.05) is 49.9 Å². The highest BCUT2D eigenvalue weighted by molar-refractivity contribution is 6.38. The molecule has 8 nitrogen and oxygen atoms in total. The molecule has 182 valence electrons. The fraction of sp³-hybridized carbons (Fsp3) is 0.308. The van der Waals surface area contributed by atoms with Gasteiger partial charge in [0.1, 0.15) is 5.75 Å². The number of aliphatic hydroxyl groups excluding tert-OH is 1. The van der Waals surface area contributed by atoms with Crippen LogP contribution in [0.2, 0.25) is 5.02 Å². The van der Waals surface area contributed by atoms with Gasteiger partial charge in [-0.25, -0.2) is 0 Å². The number of ether oxygens (including phenoxy) is 1. The van der Waals surface area contributed by atoms with Crippen LogP contribution in [0, 0.1) is 6.92 Å². The van der Waals surface area contributed by atoms with Crippen molar-refractivity contribution in [3.05, 3.63) is 64.5 Å². The van der Waals surface area contributed by atoms with Gasteiger partial charge >= 0.3 is 0 Å². The largest absolute Gasteiger partial charge is 0.504 e. The van der Waals surface area contributed by atoms with E-state index in [4.69, 9.17) is 20.9 Å². The van der Waals surface area contributed by atoms with Gasteiger partial charge in [-0.2, -0.15) is 0 Å². The number of aryl methyl sites for hydroxylation is 1. The summed E-state index contributed by atoms with van der Waals surface area (Å²) in [6.07, 6.45) is 0.975. The van der Waals surface area contributed by atoms with Gasteiger partial charge in [-0.3, -0.25) is 4.79 Å². The van der Waals surface area contributed by atoms with Crippen molar-refractivity contribution < 1.29 is 19.2 Å². The fourth-order valence-electron chi connectivity index (χ4n) is 4.39. The number of nitrogens with zero attached hydrogens (tertiary/aromatic N) is 2. The smallest absolute Gasteiger partial charge is 0.260 e. The molecule has 0 spiro atoms. The second-order valence-electron chi connectivity index (χ2n) is 8.71. The molecule has 2 aliphatic rings. The predicted octanol–water partition coefficient (Wildman–Crippen LogP) is 4.36. The first kappa shape index (κ1) is 23.4. The van der Waals surface area contributed by atoms with Crippen LogP contribution >= 0.6 is 11.6 Å². The second kappa shape index (κ2) is 10.1. The van der Waals surface area contributed by atoms with Crippen molar-refractivity contribution in [2.24, 2.45) is 0 Å². The number of amides is 1. The minimum atomic E-state index is -0.427. The van der Waals surface area contributed by atoms with Crippen molar-refractivity contribution >= 4 is 34.5 Å². The average Bonchev–Trinajstić information content (AvgIpc) is 3.44. The zero-order valence-electron chi connectivity index (χ0n) is 19.4. The molecule has 3 N–H and O–H groups in total. The molecule has 0 bridgehead atoms. The van der Waals surface area contributed by atoms with Crippen molar-refractivity contribution in [3.63, 3.8) is 0 Å². The third kappa shape index (κ3) is 5.05. The Morgan fingerprint density at radius 3 is 2.66 bits per heavy atom. The number of carbonyl (C=O) groups is 1. The van der Waals surface area contributed by atoms with Gasteiger partial charge in [-0.1, -0.05) is 28.9 Å². The summed E-state index contributed by atoms with van der Waals surface area (Å²) in [6, 6.07) is 12.8. The number of hydrogen-bond donors (Lipinski definition) is 3. The van der Waals surface area contributed by atoms with E-state index in [2.05, 4.69) is 20.7 Å². The molecule has 0 saturated carbocycles. The Bertz CT molecular complexity index is 1260. The normalized spacial score (nSPS) is 17.3. The average molecular weight is 495 g/mol. The maximum absolute atomic E-state index is 12.6. The summed E-state index contributed by atoms with van der Waals surface area (Å²) in [5, 5.41) is 21.1. The number of fused-ring (bicyclic) bond motifs is 1. The highest BCUT2D eigenvalue weighted by Gasteiger charge is 2.31. The number of aromatic nitrogens is 1. The lowest BCUT2D eigenvalue weighted by molar-refractivity contribution is -0.110. The fourth-order valence-corrected chi connectivity index (χ4v) is 4.66. The molecule has 0 aliphatic carbocycles. The first-order valence-electron chi connectivity index (χ1n) is 11.7. The molecule has 9 heteroatoms. The molecule has 35 heavy (non-hydrogen) atoms. The molecule has 2 aliphatic heterocycles. The maximum Gasteiger partial charge on any atom is 0.260 e. The van der Waals surface area contributed by atoms with Crippen LogP contribution in [0.5, 0.6) is 5.75 Å². The highest BCUT2D eigenvalue weighted by atomic mass is 35.5. The van der Waals surface area contributed by atoms with E-state index in [0.29, 0.717) is 28.6 Å². The van der Waals surface area contributed by atoms with Crippen LogP contribution in [0.3, 0.4) is 0 Å². The quantitative estimate of drug-likeness (QED) is 0.255. The van der Waals surface area contributed by atoms with Gasteiger partial charge in [0.25, 0.3) is 5.91 Å². The Morgan fingerprint density at radius 1 is 1.17 bits per heavy atom. The number of hydrogen-bond acceptors (Lipinski definition) is 7. The second-order valence-corrected chi connectivity index (χ2v) is 9.11. The molecule has 1 fully saturated rings. The van der Waals surface area contributed by atoms with E-state index in [9.17, 15) is 9.90 Å². The van der Waals surface area contributed by atoms with Crippen LogP contribution < -0.4 is 15.4 Å². The van der Waals surface area contributed by atoms with Crippen molar-refractivity contribution in [2.45, 2.75) is 13.3 Å². The number of rotatable bonds is 7. The number of benzene rings is 2. The minimum absolute atomic E-state index is 0.124. The number of aliphatic hydroxyl groups is 1. The topological polar surface area (TPSA) is 99.9 Å². The zero-order chi connectivity index (χ0) is 24.4. The van der Waals surface area contributed by atoms with Gasteiger partial charge < -0.3 is 29.9 Å². The molecule has 0 unspecified atom stereocenters. The number of nitrogens with one attached hydrogen (secondary N) is 2. The third-order valence-corrected chi connectivity index (χ3v) is 6.53. The van der Waals surface area contributed by atoms with Gasteiger partial charge in [-0.15, -0.1) is 0 Å². The summed E-state index contributed by atoms with van der Waals surface area (Å²) in [6.45, 7) is 7.71. The molecular weight excluding hydrogens is 468 g/mol. The van der Waals surface area contributed by atoms with Crippen molar-refractivity contribution in [1.82, 2.24) is 15.4 Å². The first-order chi connectivity index (χ1) is 17.0. The van der Waals surface area contributed by atoms with Crippen molar-refractivity contribution in [3.8, 4) is 16.9 Å². The molecule has 1 aromatic heterocycles. The summed E-state index contributed by atoms with van der Waals surface area (Å²) < 4.78 is 11.1. The van der Waals surface area contributed by atoms with E-state index in [1.54, 1.807) is 25.1 Å². The number of anilines is 1. The lowest BCUT2D eigenvalue weighted by Crippen LogP contribution is -2.43. The summed E-state index contributed by atoms with van der Waals surface area (Å²) in [4.78, 5) is 15.1. The van der Waals surface area contributed by atoms with Crippen LogP contribution in [-0.4, -0.2) is 60.4 Å². The number of piperazine rings is 1. The Hall–Kier alpha value is -3.33. The summed E-state index contributed by atoms with van der Waals surface area (Å²) in [7, 11) is 0. The first-order valence-corrected chi connectivity index (χ1v) is 12.1. The summed E-state index contributed by atoms with van der Waals surface area (Å²) >= 11 is 6.56. The molecule has 2 aromatic carbocycles. The van der Waals surface area contributed by atoms with E-state index in [0.717, 1.165) is 56.0 Å². The van der Waals surface area contributed by atoms with E-state index in [1.165, 1.54) is 0 Å². The molecule has 3 heterocycles. The van der Waals surface area contributed by atoms with E-state index in [-0.39, 0.29) is 17.1 Å². The van der Waals surface area contributed by atoms with Gasteiger partial charge in [0.05, 0.1) is 28.6 Å². The van der Waals surface area contributed by atoms with Crippen LogP contribution in [0.1, 0.15) is 23.4 Å². The molecule has 0 atom stereocenters. The molecule has 0 radical (unpaired) electrons. The summed E-state index contributed by atoms with van der Waals surface area (Å²) in [5.41, 5.74) is 3.43. The van der Waals surface area contributed by atoms with E-state index >= 15 is 0 Å². The number of carbonyl (C=O) groups excluding carboxylic acids is 1. The highest BCUT2D eigenvalue weighted by Crippen LogP contribution is 2.42. The van der Waals surface area contributed by atoms with E-state index in [1.807, 2.05) is 24.3 Å². The third-order valence-electron chi connectivity index (χ3n) is 6.21. The van der Waals surface area contributed by atoms with Gasteiger partial charge in [-0.05, 0) is 43.2 Å². The zero-order valence-corrected chi connectivity index (χ0v) is 20.2. The van der Waals surface area contributed by atoms with Crippen LogP contribution in [-0.2, 0) is 4.79 Å². The molecular formula is C26H27ClN4O4. The van der Waals surface area contributed by atoms with Crippen LogP contribution in [0.4, 0.5) is 5.69 Å². The van der Waals surface area contributed by atoms with Crippen molar-refractivity contribution in [2.75, 3.05) is 44.6 Å². The SMILES string of the molecule is Cc1cc(C(O)=C2C(=O)Nc3cc(Cl)c(-c4ccc(OCCCN5CCNCC5)cc4)cc32)on1. The molecule has 5 rings (SSSR count). The Balaban J connectivity index is 1.32. The van der Waals surface area contributed by atoms with Crippen molar-refractivity contribution in [1.29, 1.82) is 0 Å². The molecule has 1 saturated heterocycles. The van der Waals surface area contributed by atoms with Gasteiger partial charge in [0.2, 0.25) is 5.76 Å². The van der Waals surface area contributed by atoms with Crippen LogP contribution in [0.15, 0.2) is 47.0 Å². The van der Waals surface area contributed by atoms with Gasteiger partial charge in [0.15, 0.2) is 5.76 Å². The van der Waals surface area contributed by atoms with E-state index < -0.39 is 5.91 Å². The summed E-state index contributed by atoms with van der Waals surface area (Å²) in [5.74, 6) is 0.238. The predicted molar refractivity (Wildman–Crippen MR) is 136 cm³/mol. The molecule has 1 amide bonds. The lowest BCUT2D eigenvalue weighted by atomic mass is 9.98. The minimum Gasteiger partial charge on any atom is -0.504 e. The Labute approximate surface area is 208 Å². The maximum atomic E-state index is 12.6. The molecule has 3 aromatic rings. The Morgan fingerprint density at radius 2 is 1.94 bits per heavy atom. The lowest BCUT2D eigenvalue weighted by Gasteiger charge is -2.26. The number of halogens is 1. The standard InChI is InChI=1S/C26H27ClN4O4/c1-16-13-23(35-30-16)25(32)24-20-14-19(21(27)15-22(20)29-26(24)33)17-3-5-18(6-4-17)34-12-2-9-31-10-7-28-8-11-31/h3-6,13-15,28,32H,2,7-12H2,1H3,(H,29,33). The monoisotopic (exact) mass is 494 g/mol. The Kier molecular flexibility index (Phi) is 6.77. The van der Waals surface area contributed by atoms with Crippen LogP contribution in [0.25, 0.3) is 22.5 Å².